The second kappa shape index (κ2) is 9.62. The van der Waals surface area contributed by atoms with Crippen LogP contribution in [0.3, 0.4) is 0 Å². The molecule has 1 fully saturated rings. The van der Waals surface area contributed by atoms with Gasteiger partial charge in [-0.1, -0.05) is 13.0 Å². The van der Waals surface area contributed by atoms with Crippen LogP contribution in [0.4, 0.5) is 0 Å². The molecule has 0 spiro atoms. The van der Waals surface area contributed by atoms with Gasteiger partial charge in [-0.25, -0.2) is 4.98 Å². The molecule has 3 aromatic heterocycles. The first kappa shape index (κ1) is 22.2. The van der Waals surface area contributed by atoms with E-state index in [0.29, 0.717) is 55.9 Å². The lowest BCUT2D eigenvalue weighted by atomic mass is 10.1. The van der Waals surface area contributed by atoms with E-state index in [2.05, 4.69) is 16.8 Å². The Bertz CT molecular complexity index is 1240. The average Bonchev–Trinajstić information content (AvgIpc) is 2.83. The summed E-state index contributed by atoms with van der Waals surface area (Å²) < 4.78 is 8.61. The maximum absolute atomic E-state index is 13.4. The fourth-order valence-electron chi connectivity index (χ4n) is 4.17. The van der Waals surface area contributed by atoms with Gasteiger partial charge in [-0.3, -0.25) is 19.4 Å². The van der Waals surface area contributed by atoms with Crippen LogP contribution in [0.25, 0.3) is 16.7 Å². The minimum Gasteiger partial charge on any atom is -0.382 e. The number of carbonyl (C=O) groups is 1. The summed E-state index contributed by atoms with van der Waals surface area (Å²) in [6.07, 6.45) is 2.33. The van der Waals surface area contributed by atoms with E-state index in [4.69, 9.17) is 10.1 Å². The summed E-state index contributed by atoms with van der Waals surface area (Å²) in [7, 11) is 0. The molecule has 1 N–H and O–H groups in total. The zero-order valence-electron chi connectivity index (χ0n) is 18.7. The Kier molecular flexibility index (Phi) is 6.66. The fraction of sp³-hybridized carbons (Fsp3) is 0.478. The minimum absolute atomic E-state index is 0.0871. The highest BCUT2D eigenvalue weighted by atomic mass is 16.5. The molecule has 9 heteroatoms. The Balaban J connectivity index is 1.82. The molecule has 3 aromatic rings. The molecule has 0 aromatic carbocycles. The highest BCUT2D eigenvalue weighted by Gasteiger charge is 2.24. The van der Waals surface area contributed by atoms with E-state index < -0.39 is 0 Å². The highest BCUT2D eigenvalue weighted by molar-refractivity contribution is 5.97. The molecular weight excluding hydrogens is 408 g/mol. The summed E-state index contributed by atoms with van der Waals surface area (Å²) in [5.74, 6) is -0.205. The normalized spacial score (nSPS) is 15.0. The van der Waals surface area contributed by atoms with Gasteiger partial charge in [0.2, 0.25) is 0 Å². The number of pyridine rings is 2. The maximum Gasteiger partial charge on any atom is 0.267 e. The monoisotopic (exact) mass is 438 g/mol. The van der Waals surface area contributed by atoms with Crippen molar-refractivity contribution in [3.05, 3.63) is 51.9 Å². The fourth-order valence-corrected chi connectivity index (χ4v) is 4.17. The van der Waals surface area contributed by atoms with Gasteiger partial charge in [0, 0.05) is 52.1 Å². The van der Waals surface area contributed by atoms with Gasteiger partial charge in [0.25, 0.3) is 11.5 Å². The number of carbonyl (C=O) groups excluding carboxylic acids is 1. The molecule has 0 unspecified atom stereocenters. The number of nitrogens with one attached hydrogen (secondary N) is 1. The summed E-state index contributed by atoms with van der Waals surface area (Å²) in [4.78, 5) is 35.4. The molecule has 9 nitrogen and oxygen atoms in total. The van der Waals surface area contributed by atoms with Crippen LogP contribution < -0.4 is 11.0 Å². The van der Waals surface area contributed by atoms with Crippen LogP contribution in [0.2, 0.25) is 0 Å². The van der Waals surface area contributed by atoms with Gasteiger partial charge in [0.1, 0.15) is 16.8 Å². The molecule has 0 atom stereocenters. The quantitative estimate of drug-likeness (QED) is 0.444. The molecule has 0 radical (unpaired) electrons. The van der Waals surface area contributed by atoms with Crippen molar-refractivity contribution in [1.29, 1.82) is 5.41 Å². The van der Waals surface area contributed by atoms with Crippen molar-refractivity contribution in [3.63, 3.8) is 0 Å². The van der Waals surface area contributed by atoms with Gasteiger partial charge in [-0.15, -0.1) is 0 Å². The number of piperazine rings is 1. The maximum atomic E-state index is 13.4. The third-order valence-electron chi connectivity index (χ3n) is 6.03. The van der Waals surface area contributed by atoms with Crippen LogP contribution in [0.5, 0.6) is 0 Å². The number of aromatic nitrogens is 3. The number of rotatable bonds is 7. The molecule has 1 saturated heterocycles. The third kappa shape index (κ3) is 4.18. The van der Waals surface area contributed by atoms with Gasteiger partial charge in [-0.2, -0.15) is 0 Å². The number of hydrogen-bond donors (Lipinski definition) is 1. The Labute approximate surface area is 186 Å². The number of hydrogen-bond acceptors (Lipinski definition) is 6. The largest absolute Gasteiger partial charge is 0.382 e. The van der Waals surface area contributed by atoms with Gasteiger partial charge < -0.3 is 19.1 Å². The Hall–Kier alpha value is -3.04. The van der Waals surface area contributed by atoms with E-state index in [-0.39, 0.29) is 22.5 Å². The lowest BCUT2D eigenvalue weighted by molar-refractivity contribution is 0.0640. The summed E-state index contributed by atoms with van der Waals surface area (Å²) in [6.45, 7) is 9.45. The van der Waals surface area contributed by atoms with Gasteiger partial charge in [0.05, 0.1) is 10.9 Å². The van der Waals surface area contributed by atoms with Crippen LogP contribution in [-0.2, 0) is 11.3 Å². The van der Waals surface area contributed by atoms with E-state index in [1.807, 2.05) is 13.0 Å². The standard InChI is InChI=1S/C23H30N6O3/c1-3-26-11-13-27(14-12-26)22(30)17-16-18-21(29(20(17)24)10-7-15-32-4-2)25-19-8-5-6-9-28(19)23(18)31/h5-6,8-9,16,24H,3-4,7,10-15H2,1-2H3. The number of fused-ring (bicyclic) bond motifs is 2. The first-order chi connectivity index (χ1) is 15.5. The topological polar surface area (TPSA) is 95.9 Å². The van der Waals surface area contributed by atoms with Crippen LogP contribution >= 0.6 is 0 Å². The summed E-state index contributed by atoms with van der Waals surface area (Å²) in [5, 5.41) is 9.17. The number of amides is 1. The lowest BCUT2D eigenvalue weighted by Crippen LogP contribution is -2.49. The molecule has 32 heavy (non-hydrogen) atoms. The SMILES string of the molecule is CCOCCCn1c(=N)c(C(=O)N2CCN(CC)CC2)cc2c(=O)n3ccccc3nc21. The molecular formula is C23H30N6O3. The highest BCUT2D eigenvalue weighted by Crippen LogP contribution is 2.13. The number of aryl methyl sites for hydroxylation is 1. The second-order valence-corrected chi connectivity index (χ2v) is 7.92. The zero-order valence-corrected chi connectivity index (χ0v) is 18.7. The summed E-state index contributed by atoms with van der Waals surface area (Å²) >= 11 is 0. The summed E-state index contributed by atoms with van der Waals surface area (Å²) in [5.41, 5.74) is 1.03. The molecule has 1 aliphatic rings. The third-order valence-corrected chi connectivity index (χ3v) is 6.03. The van der Waals surface area contributed by atoms with E-state index in [0.717, 1.165) is 19.6 Å². The van der Waals surface area contributed by atoms with Gasteiger partial charge in [-0.05, 0) is 38.1 Å². The predicted molar refractivity (Wildman–Crippen MR) is 122 cm³/mol. The van der Waals surface area contributed by atoms with Crippen LogP contribution in [0.1, 0.15) is 30.6 Å². The van der Waals surface area contributed by atoms with E-state index in [1.165, 1.54) is 4.40 Å². The van der Waals surface area contributed by atoms with Crippen LogP contribution in [0, 0.1) is 5.41 Å². The molecule has 0 saturated carbocycles. The molecule has 1 amide bonds. The Morgan fingerprint density at radius 3 is 2.69 bits per heavy atom. The van der Waals surface area contributed by atoms with Crippen molar-refractivity contribution in [1.82, 2.24) is 23.8 Å². The van der Waals surface area contributed by atoms with Crippen LogP contribution in [0.15, 0.2) is 35.3 Å². The van der Waals surface area contributed by atoms with Gasteiger partial charge >= 0.3 is 0 Å². The van der Waals surface area contributed by atoms with Gasteiger partial charge in [0.15, 0.2) is 0 Å². The molecule has 0 aliphatic carbocycles. The molecule has 4 heterocycles. The summed E-state index contributed by atoms with van der Waals surface area (Å²) in [6, 6.07) is 6.92. The molecule has 0 bridgehead atoms. The number of likely N-dealkylation sites (N-methyl/N-ethyl adjacent to an activating group) is 1. The van der Waals surface area contributed by atoms with Crippen molar-refractivity contribution < 1.29 is 9.53 Å². The lowest BCUT2D eigenvalue weighted by Gasteiger charge is -2.34. The molecule has 1 aliphatic heterocycles. The van der Waals surface area contributed by atoms with Crippen molar-refractivity contribution in [2.45, 2.75) is 26.8 Å². The number of nitrogens with zero attached hydrogens (tertiary/aromatic N) is 5. The Morgan fingerprint density at radius 1 is 1.19 bits per heavy atom. The first-order valence-electron chi connectivity index (χ1n) is 11.2. The van der Waals surface area contributed by atoms with Crippen molar-refractivity contribution in [2.24, 2.45) is 0 Å². The van der Waals surface area contributed by atoms with E-state index >= 15 is 0 Å². The predicted octanol–water partition coefficient (Wildman–Crippen LogP) is 1.33. The minimum atomic E-state index is -0.242. The molecule has 170 valence electrons. The Morgan fingerprint density at radius 2 is 1.97 bits per heavy atom. The molecule has 4 rings (SSSR count). The van der Waals surface area contributed by atoms with Crippen molar-refractivity contribution in [2.75, 3.05) is 45.9 Å². The number of ether oxygens (including phenoxy) is 1. The smallest absolute Gasteiger partial charge is 0.267 e. The van der Waals surface area contributed by atoms with Crippen molar-refractivity contribution in [3.8, 4) is 0 Å². The average molecular weight is 439 g/mol. The van der Waals surface area contributed by atoms with Crippen LogP contribution in [-0.4, -0.2) is 75.6 Å². The van der Waals surface area contributed by atoms with E-state index in [9.17, 15) is 9.59 Å². The van der Waals surface area contributed by atoms with Crippen molar-refractivity contribution >= 4 is 22.6 Å². The second-order valence-electron chi connectivity index (χ2n) is 7.92. The first-order valence-corrected chi connectivity index (χ1v) is 11.2. The zero-order chi connectivity index (χ0) is 22.7. The van der Waals surface area contributed by atoms with E-state index in [1.54, 1.807) is 33.9 Å².